The fourth-order valence-electron chi connectivity index (χ4n) is 1.86. The summed E-state index contributed by atoms with van der Waals surface area (Å²) >= 11 is 0. The first-order valence-electron chi connectivity index (χ1n) is 5.14. The third-order valence-corrected chi connectivity index (χ3v) is 2.74. The second kappa shape index (κ2) is 4.43. The van der Waals surface area contributed by atoms with Crippen LogP contribution >= 0.6 is 0 Å². The van der Waals surface area contributed by atoms with Gasteiger partial charge in [0.2, 0.25) is 0 Å². The highest BCUT2D eigenvalue weighted by atomic mass is 16.3. The van der Waals surface area contributed by atoms with Gasteiger partial charge in [-0.3, -0.25) is 4.90 Å². The smallest absolute Gasteiger partial charge is 0.0839 e. The van der Waals surface area contributed by atoms with Crippen LogP contribution in [-0.4, -0.2) is 35.7 Å². The Balaban J connectivity index is 1.97. The average Bonchev–Trinajstić information content (AvgIpc) is 2.24. The van der Waals surface area contributed by atoms with Crippen LogP contribution in [0.3, 0.4) is 0 Å². The van der Waals surface area contributed by atoms with Gasteiger partial charge in [0.15, 0.2) is 0 Å². The molecule has 0 radical (unpaired) electrons. The summed E-state index contributed by atoms with van der Waals surface area (Å²) in [6.45, 7) is 2.12. The maximum absolute atomic E-state index is 9.15. The minimum Gasteiger partial charge on any atom is -0.390 e. The van der Waals surface area contributed by atoms with Gasteiger partial charge in [0.05, 0.1) is 18.1 Å². The minimum absolute atomic E-state index is 0.0845. The summed E-state index contributed by atoms with van der Waals surface area (Å²) in [4.78, 5) is 2.10. The molecule has 1 aromatic carbocycles. The van der Waals surface area contributed by atoms with Gasteiger partial charge in [0.1, 0.15) is 0 Å². The van der Waals surface area contributed by atoms with Gasteiger partial charge in [-0.25, -0.2) is 0 Å². The van der Waals surface area contributed by atoms with E-state index in [1.807, 2.05) is 30.3 Å². The van der Waals surface area contributed by atoms with E-state index < -0.39 is 0 Å². The lowest BCUT2D eigenvalue weighted by molar-refractivity contribution is 0.00128. The van der Waals surface area contributed by atoms with E-state index in [4.69, 9.17) is 10.4 Å². The van der Waals surface area contributed by atoms with Gasteiger partial charge < -0.3 is 5.11 Å². The van der Waals surface area contributed by atoms with Crippen LogP contribution in [0.4, 0.5) is 0 Å². The predicted molar refractivity (Wildman–Crippen MR) is 57.2 cm³/mol. The number of nitriles is 1. The third-order valence-electron chi connectivity index (χ3n) is 2.74. The number of aliphatic hydroxyl groups is 1. The summed E-state index contributed by atoms with van der Waals surface area (Å²) in [6, 6.07) is 12.1. The average molecular weight is 202 g/mol. The Bertz CT molecular complexity index is 352. The Morgan fingerprint density at radius 1 is 1.40 bits per heavy atom. The molecule has 3 heteroatoms. The molecule has 1 aliphatic heterocycles. The van der Waals surface area contributed by atoms with Crippen LogP contribution in [0.25, 0.3) is 0 Å². The van der Waals surface area contributed by atoms with E-state index in [-0.39, 0.29) is 12.0 Å². The van der Waals surface area contributed by atoms with Crippen LogP contribution in [0, 0.1) is 11.3 Å². The van der Waals surface area contributed by atoms with E-state index in [9.17, 15) is 0 Å². The zero-order valence-corrected chi connectivity index (χ0v) is 8.50. The van der Waals surface area contributed by atoms with Gasteiger partial charge >= 0.3 is 0 Å². The number of hydrogen-bond donors (Lipinski definition) is 1. The number of hydrogen-bond acceptors (Lipinski definition) is 3. The molecule has 0 spiro atoms. The van der Waals surface area contributed by atoms with Gasteiger partial charge in [-0.1, -0.05) is 30.3 Å². The summed E-state index contributed by atoms with van der Waals surface area (Å²) < 4.78 is 0. The highest BCUT2D eigenvalue weighted by Crippen LogP contribution is 2.19. The molecule has 78 valence electrons. The molecule has 1 N–H and O–H groups in total. The monoisotopic (exact) mass is 202 g/mol. The third kappa shape index (κ3) is 2.35. The van der Waals surface area contributed by atoms with Gasteiger partial charge in [-0.15, -0.1) is 0 Å². The number of aliphatic hydroxyl groups excluding tert-OH is 1. The van der Waals surface area contributed by atoms with Crippen molar-refractivity contribution in [2.75, 3.05) is 19.6 Å². The first-order valence-corrected chi connectivity index (χ1v) is 5.14. The van der Waals surface area contributed by atoms with Crippen molar-refractivity contribution in [2.45, 2.75) is 12.0 Å². The topological polar surface area (TPSA) is 47.3 Å². The standard InChI is InChI=1S/C12H14N2O/c13-6-11(7-14-8-12(15)9-14)10-4-2-1-3-5-10/h1-5,11-12,15H,7-9H2. The van der Waals surface area contributed by atoms with Crippen molar-refractivity contribution in [3.63, 3.8) is 0 Å². The predicted octanol–water partition coefficient (Wildman–Crippen LogP) is 0.970. The molecule has 1 fully saturated rings. The van der Waals surface area contributed by atoms with E-state index >= 15 is 0 Å². The maximum Gasteiger partial charge on any atom is 0.0839 e. The molecular formula is C12H14N2O. The molecule has 1 saturated heterocycles. The Labute approximate surface area is 89.6 Å². The largest absolute Gasteiger partial charge is 0.390 e. The minimum atomic E-state index is -0.194. The van der Waals surface area contributed by atoms with Crippen molar-refractivity contribution < 1.29 is 5.11 Å². The number of rotatable bonds is 3. The molecule has 1 aliphatic rings. The molecule has 0 aromatic heterocycles. The van der Waals surface area contributed by atoms with Gasteiger partial charge in [0.25, 0.3) is 0 Å². The van der Waals surface area contributed by atoms with Gasteiger partial charge in [-0.05, 0) is 5.56 Å². The first-order chi connectivity index (χ1) is 7.29. The Morgan fingerprint density at radius 3 is 2.60 bits per heavy atom. The highest BCUT2D eigenvalue weighted by Gasteiger charge is 2.26. The summed E-state index contributed by atoms with van der Waals surface area (Å²) in [6.07, 6.45) is -0.194. The summed E-state index contributed by atoms with van der Waals surface area (Å²) in [7, 11) is 0. The lowest BCUT2D eigenvalue weighted by Gasteiger charge is -2.36. The summed E-state index contributed by atoms with van der Waals surface area (Å²) in [5.41, 5.74) is 1.06. The van der Waals surface area contributed by atoms with Crippen LogP contribution < -0.4 is 0 Å². The molecule has 0 aliphatic carbocycles. The zero-order chi connectivity index (χ0) is 10.7. The Kier molecular flexibility index (Phi) is 3.00. The highest BCUT2D eigenvalue weighted by molar-refractivity contribution is 5.25. The quantitative estimate of drug-likeness (QED) is 0.794. The molecular weight excluding hydrogens is 188 g/mol. The Morgan fingerprint density at radius 2 is 2.07 bits per heavy atom. The van der Waals surface area contributed by atoms with Crippen molar-refractivity contribution in [2.24, 2.45) is 0 Å². The number of benzene rings is 1. The normalized spacial score (nSPS) is 19.2. The van der Waals surface area contributed by atoms with Crippen LogP contribution in [-0.2, 0) is 0 Å². The van der Waals surface area contributed by atoms with E-state index in [0.717, 1.165) is 12.1 Å². The Hall–Kier alpha value is -1.37. The van der Waals surface area contributed by atoms with E-state index in [2.05, 4.69) is 11.0 Å². The molecule has 1 atom stereocenters. The van der Waals surface area contributed by atoms with Crippen molar-refractivity contribution in [3.8, 4) is 6.07 Å². The molecule has 1 unspecified atom stereocenters. The van der Waals surface area contributed by atoms with Crippen molar-refractivity contribution >= 4 is 0 Å². The van der Waals surface area contributed by atoms with Crippen molar-refractivity contribution in [3.05, 3.63) is 35.9 Å². The lowest BCUT2D eigenvalue weighted by Crippen LogP contribution is -2.51. The van der Waals surface area contributed by atoms with Crippen LogP contribution in [0.1, 0.15) is 11.5 Å². The van der Waals surface area contributed by atoms with Crippen molar-refractivity contribution in [1.29, 1.82) is 5.26 Å². The zero-order valence-electron chi connectivity index (χ0n) is 8.50. The molecule has 0 saturated carbocycles. The van der Waals surface area contributed by atoms with E-state index in [1.54, 1.807) is 0 Å². The number of β-amino-alcohol motifs (C(OH)–C–C–N with tert-alkyl or cyclic N) is 1. The van der Waals surface area contributed by atoms with E-state index in [0.29, 0.717) is 13.1 Å². The number of nitrogens with zero attached hydrogens (tertiary/aromatic N) is 2. The summed E-state index contributed by atoms with van der Waals surface area (Å²) in [5, 5.41) is 18.2. The van der Waals surface area contributed by atoms with Crippen molar-refractivity contribution in [1.82, 2.24) is 4.90 Å². The maximum atomic E-state index is 9.15. The van der Waals surface area contributed by atoms with Gasteiger partial charge in [-0.2, -0.15) is 5.26 Å². The molecule has 1 heterocycles. The lowest BCUT2D eigenvalue weighted by atomic mass is 9.98. The SMILES string of the molecule is N#CC(CN1CC(O)C1)c1ccccc1. The fraction of sp³-hybridized carbons (Fsp3) is 0.417. The molecule has 1 aromatic rings. The molecule has 0 bridgehead atoms. The molecule has 3 nitrogen and oxygen atoms in total. The second-order valence-corrected chi connectivity index (χ2v) is 3.96. The summed E-state index contributed by atoms with van der Waals surface area (Å²) in [5.74, 6) is -0.0845. The van der Waals surface area contributed by atoms with Crippen LogP contribution in [0.15, 0.2) is 30.3 Å². The van der Waals surface area contributed by atoms with Crippen LogP contribution in [0.2, 0.25) is 0 Å². The fourth-order valence-corrected chi connectivity index (χ4v) is 1.86. The van der Waals surface area contributed by atoms with Crippen LogP contribution in [0.5, 0.6) is 0 Å². The first kappa shape index (κ1) is 10.2. The van der Waals surface area contributed by atoms with Gasteiger partial charge in [0, 0.05) is 19.6 Å². The second-order valence-electron chi connectivity index (χ2n) is 3.96. The number of likely N-dealkylation sites (tertiary alicyclic amines) is 1. The molecule has 0 amide bonds. The molecule has 15 heavy (non-hydrogen) atoms. The van der Waals surface area contributed by atoms with E-state index in [1.165, 1.54) is 0 Å². The molecule has 2 rings (SSSR count).